The minimum atomic E-state index is -0.0720. The molecule has 0 aliphatic carbocycles. The Morgan fingerprint density at radius 3 is 2.52 bits per heavy atom. The van der Waals surface area contributed by atoms with Gasteiger partial charge in [0.1, 0.15) is 0 Å². The monoisotopic (exact) mass is 440 g/mol. The van der Waals surface area contributed by atoms with Crippen molar-refractivity contribution in [3.05, 3.63) is 101 Å². The van der Waals surface area contributed by atoms with E-state index in [9.17, 15) is 4.79 Å². The predicted octanol–water partition coefficient (Wildman–Crippen LogP) is 4.71. The number of aromatic nitrogens is 1. The van der Waals surface area contributed by atoms with E-state index in [4.69, 9.17) is 0 Å². The van der Waals surface area contributed by atoms with Crippen LogP contribution in [0.5, 0.6) is 0 Å². The van der Waals surface area contributed by atoms with Gasteiger partial charge in [0.15, 0.2) is 0 Å². The number of piperidine rings is 1. The van der Waals surface area contributed by atoms with Gasteiger partial charge in [-0.3, -0.25) is 9.88 Å². The second-order valence-electron chi connectivity index (χ2n) is 9.18. The highest BCUT2D eigenvalue weighted by Gasteiger charge is 2.36. The maximum Gasteiger partial charge on any atom is 0.318 e. The van der Waals surface area contributed by atoms with Crippen LogP contribution in [0.25, 0.3) is 0 Å². The summed E-state index contributed by atoms with van der Waals surface area (Å²) in [5.41, 5.74) is 6.14. The second kappa shape index (κ2) is 9.75. The number of nitrogens with zero attached hydrogens (tertiary/aromatic N) is 3. The lowest BCUT2D eigenvalue weighted by Crippen LogP contribution is -2.53. The largest absolute Gasteiger partial charge is 0.338 e. The van der Waals surface area contributed by atoms with E-state index in [-0.39, 0.29) is 18.1 Å². The van der Waals surface area contributed by atoms with Gasteiger partial charge in [-0.25, -0.2) is 4.79 Å². The summed E-state index contributed by atoms with van der Waals surface area (Å²) in [7, 11) is 0. The number of fused-ring (bicyclic) bond motifs is 1. The molecule has 170 valence electrons. The molecule has 33 heavy (non-hydrogen) atoms. The third kappa shape index (κ3) is 4.64. The number of carbonyl (C=O) groups excluding carboxylic acids is 1. The molecule has 1 aromatic heterocycles. The Morgan fingerprint density at radius 1 is 0.970 bits per heavy atom. The fraction of sp³-hybridized carbons (Fsp3) is 0.357. The average molecular weight is 441 g/mol. The first-order chi connectivity index (χ1) is 16.2. The van der Waals surface area contributed by atoms with Gasteiger partial charge in [0.05, 0.1) is 11.7 Å². The average Bonchev–Trinajstić information content (AvgIpc) is 2.84. The van der Waals surface area contributed by atoms with Crippen LogP contribution < -0.4 is 5.32 Å². The van der Waals surface area contributed by atoms with Gasteiger partial charge in [-0.05, 0) is 54.5 Å². The molecule has 0 radical (unpaired) electrons. The summed E-state index contributed by atoms with van der Waals surface area (Å²) >= 11 is 0. The van der Waals surface area contributed by atoms with Gasteiger partial charge in [-0.2, -0.15) is 0 Å². The number of hydrogen-bond acceptors (Lipinski definition) is 3. The fourth-order valence-electron chi connectivity index (χ4n) is 5.29. The predicted molar refractivity (Wildman–Crippen MR) is 131 cm³/mol. The minimum absolute atomic E-state index is 0.0531. The molecule has 5 nitrogen and oxygen atoms in total. The zero-order chi connectivity index (χ0) is 22.6. The molecule has 1 saturated heterocycles. The maximum atomic E-state index is 13.5. The molecular formula is C28H32N4O. The summed E-state index contributed by atoms with van der Waals surface area (Å²) in [6, 6.07) is 23.4. The van der Waals surface area contributed by atoms with Crippen LogP contribution in [0.3, 0.4) is 0 Å². The topological polar surface area (TPSA) is 48.5 Å². The number of benzene rings is 2. The van der Waals surface area contributed by atoms with Gasteiger partial charge >= 0.3 is 6.03 Å². The first kappa shape index (κ1) is 21.7. The zero-order valence-electron chi connectivity index (χ0n) is 19.3. The Bertz CT molecular complexity index is 1090. The zero-order valence-corrected chi connectivity index (χ0v) is 19.3. The van der Waals surface area contributed by atoms with E-state index in [0.717, 1.165) is 44.6 Å². The number of aryl methyl sites for hydroxylation is 1. The van der Waals surface area contributed by atoms with Crippen molar-refractivity contribution in [2.24, 2.45) is 0 Å². The minimum Gasteiger partial charge on any atom is -0.338 e. The summed E-state index contributed by atoms with van der Waals surface area (Å²) in [4.78, 5) is 22.7. The van der Waals surface area contributed by atoms with Crippen molar-refractivity contribution in [2.45, 2.75) is 44.8 Å². The van der Waals surface area contributed by atoms with Crippen LogP contribution in [0.4, 0.5) is 4.79 Å². The molecule has 2 aromatic carbocycles. The maximum absolute atomic E-state index is 13.5. The smallest absolute Gasteiger partial charge is 0.318 e. The lowest BCUT2D eigenvalue weighted by Gasteiger charge is -2.44. The lowest BCUT2D eigenvalue weighted by atomic mass is 9.89. The molecule has 3 heterocycles. The van der Waals surface area contributed by atoms with Crippen LogP contribution in [0, 0.1) is 6.92 Å². The number of carbonyl (C=O) groups is 1. The van der Waals surface area contributed by atoms with Crippen molar-refractivity contribution in [2.75, 3.05) is 19.6 Å². The third-order valence-electron chi connectivity index (χ3n) is 7.09. The molecule has 2 aliphatic heterocycles. The SMILES string of the molecule is Cc1cccnc1CN1CCC(N2C(=O)NCCc3ccccc3C2c2ccccc2)CC1. The molecule has 3 aromatic rings. The van der Waals surface area contributed by atoms with Gasteiger partial charge < -0.3 is 10.2 Å². The van der Waals surface area contributed by atoms with E-state index in [1.165, 1.54) is 22.3 Å². The summed E-state index contributed by atoms with van der Waals surface area (Å²) in [6.45, 7) is 5.60. The van der Waals surface area contributed by atoms with E-state index in [2.05, 4.69) is 81.6 Å². The molecule has 0 spiro atoms. The molecule has 1 atom stereocenters. The standard InChI is InChI=1S/C28H32N4O/c1-21-8-7-16-29-26(21)20-31-18-14-24(15-19-31)32-27(23-10-3-2-4-11-23)25-12-6-5-9-22(25)13-17-30-28(32)33/h2-12,16,24,27H,13-15,17-20H2,1H3,(H,30,33). The van der Waals surface area contributed by atoms with Crippen LogP contribution in [0.15, 0.2) is 72.9 Å². The summed E-state index contributed by atoms with van der Waals surface area (Å²) in [5.74, 6) is 0. The fourth-order valence-corrected chi connectivity index (χ4v) is 5.29. The lowest BCUT2D eigenvalue weighted by molar-refractivity contribution is 0.0992. The van der Waals surface area contributed by atoms with Crippen LogP contribution in [0.2, 0.25) is 0 Å². The molecule has 1 fully saturated rings. The normalized spacial score (nSPS) is 20.0. The highest BCUT2D eigenvalue weighted by Crippen LogP contribution is 2.36. The number of nitrogens with one attached hydrogen (secondary N) is 1. The Labute approximate surface area is 196 Å². The molecule has 2 aliphatic rings. The second-order valence-corrected chi connectivity index (χ2v) is 9.18. The van der Waals surface area contributed by atoms with Crippen molar-refractivity contribution < 1.29 is 4.79 Å². The van der Waals surface area contributed by atoms with Crippen LogP contribution in [-0.4, -0.2) is 46.5 Å². The Morgan fingerprint density at radius 2 is 1.73 bits per heavy atom. The van der Waals surface area contributed by atoms with E-state index in [1.807, 2.05) is 18.3 Å². The highest BCUT2D eigenvalue weighted by molar-refractivity contribution is 5.76. The number of rotatable bonds is 4. The first-order valence-corrected chi connectivity index (χ1v) is 12.0. The third-order valence-corrected chi connectivity index (χ3v) is 7.09. The van der Waals surface area contributed by atoms with Crippen LogP contribution >= 0.6 is 0 Å². The molecule has 2 amide bonds. The van der Waals surface area contributed by atoms with E-state index < -0.39 is 0 Å². The van der Waals surface area contributed by atoms with Crippen LogP contribution in [0.1, 0.15) is 46.8 Å². The number of urea groups is 1. The molecule has 0 bridgehead atoms. The van der Waals surface area contributed by atoms with Gasteiger partial charge in [0, 0.05) is 38.4 Å². The van der Waals surface area contributed by atoms with E-state index in [0.29, 0.717) is 6.54 Å². The summed E-state index contributed by atoms with van der Waals surface area (Å²) in [6.07, 6.45) is 4.66. The van der Waals surface area contributed by atoms with Gasteiger partial charge in [-0.15, -0.1) is 0 Å². The van der Waals surface area contributed by atoms with Gasteiger partial charge in [0.25, 0.3) is 0 Å². The van der Waals surface area contributed by atoms with Crippen molar-refractivity contribution in [3.8, 4) is 0 Å². The summed E-state index contributed by atoms with van der Waals surface area (Å²) in [5, 5.41) is 3.19. The first-order valence-electron chi connectivity index (χ1n) is 12.0. The number of amides is 2. The Balaban J connectivity index is 1.42. The number of pyridine rings is 1. The molecule has 0 saturated carbocycles. The van der Waals surface area contributed by atoms with E-state index >= 15 is 0 Å². The van der Waals surface area contributed by atoms with Gasteiger partial charge in [0.2, 0.25) is 0 Å². The number of hydrogen-bond donors (Lipinski definition) is 1. The van der Waals surface area contributed by atoms with Crippen molar-refractivity contribution in [1.82, 2.24) is 20.1 Å². The van der Waals surface area contributed by atoms with Crippen molar-refractivity contribution in [3.63, 3.8) is 0 Å². The Kier molecular flexibility index (Phi) is 6.40. The molecule has 1 unspecified atom stereocenters. The molecular weight excluding hydrogens is 408 g/mol. The van der Waals surface area contributed by atoms with Crippen molar-refractivity contribution >= 4 is 6.03 Å². The quantitative estimate of drug-likeness (QED) is 0.639. The molecule has 1 N–H and O–H groups in total. The molecule has 5 heteroatoms. The van der Waals surface area contributed by atoms with Gasteiger partial charge in [-0.1, -0.05) is 60.7 Å². The summed E-state index contributed by atoms with van der Waals surface area (Å²) < 4.78 is 0. The Hall–Kier alpha value is -3.18. The molecule has 5 rings (SSSR count). The van der Waals surface area contributed by atoms with Crippen molar-refractivity contribution in [1.29, 1.82) is 0 Å². The highest BCUT2D eigenvalue weighted by atomic mass is 16.2. The number of likely N-dealkylation sites (tertiary alicyclic amines) is 1. The van der Waals surface area contributed by atoms with Crippen LogP contribution in [-0.2, 0) is 13.0 Å². The van der Waals surface area contributed by atoms with E-state index in [1.54, 1.807) is 0 Å².